The number of ether oxygens (including phenoxy) is 1. The Morgan fingerprint density at radius 1 is 1.53 bits per heavy atom. The Labute approximate surface area is 95.0 Å². The standard InChI is InChI=1S/C10H9BrN2O2/c1-13-8-4-3-6(11)5-7(8)9(12-13)10(14)15-2/h3-5H,1-2H3. The number of fused-ring (bicyclic) bond motifs is 1. The Balaban J connectivity index is 2.75. The van der Waals surface area contributed by atoms with Crippen molar-refractivity contribution in [2.24, 2.45) is 7.05 Å². The third kappa shape index (κ3) is 1.63. The Hall–Kier alpha value is -1.36. The number of nitrogens with zero attached hydrogens (tertiary/aromatic N) is 2. The Morgan fingerprint density at radius 3 is 2.93 bits per heavy atom. The zero-order valence-corrected chi connectivity index (χ0v) is 9.91. The van der Waals surface area contributed by atoms with Crippen LogP contribution in [0.2, 0.25) is 0 Å². The number of methoxy groups -OCH3 is 1. The van der Waals surface area contributed by atoms with Gasteiger partial charge in [0.25, 0.3) is 0 Å². The number of hydrogen-bond donors (Lipinski definition) is 0. The molecule has 78 valence electrons. The molecule has 5 heteroatoms. The highest BCUT2D eigenvalue weighted by molar-refractivity contribution is 9.10. The number of esters is 1. The average Bonchev–Trinajstić information content (AvgIpc) is 2.54. The molecule has 0 aliphatic heterocycles. The summed E-state index contributed by atoms with van der Waals surface area (Å²) in [5, 5.41) is 4.91. The van der Waals surface area contributed by atoms with Gasteiger partial charge < -0.3 is 4.74 Å². The van der Waals surface area contributed by atoms with Crippen LogP contribution in [0.25, 0.3) is 10.9 Å². The van der Waals surface area contributed by atoms with Crippen molar-refractivity contribution >= 4 is 32.8 Å². The number of benzene rings is 1. The van der Waals surface area contributed by atoms with E-state index < -0.39 is 5.97 Å². The lowest BCUT2D eigenvalue weighted by Gasteiger charge is -1.95. The second kappa shape index (κ2) is 3.66. The number of carbonyl (C=O) groups is 1. The fraction of sp³-hybridized carbons (Fsp3) is 0.200. The van der Waals surface area contributed by atoms with E-state index in [0.29, 0.717) is 5.69 Å². The number of aryl methyl sites for hydroxylation is 1. The molecule has 1 heterocycles. The first-order valence-electron chi connectivity index (χ1n) is 4.34. The Kier molecular flexibility index (Phi) is 2.48. The molecule has 0 aliphatic rings. The van der Waals surface area contributed by atoms with Crippen molar-refractivity contribution in [3.05, 3.63) is 28.4 Å². The monoisotopic (exact) mass is 268 g/mol. The highest BCUT2D eigenvalue weighted by Crippen LogP contribution is 2.22. The molecule has 1 aromatic carbocycles. The van der Waals surface area contributed by atoms with E-state index >= 15 is 0 Å². The van der Waals surface area contributed by atoms with Crippen LogP contribution in [-0.4, -0.2) is 22.9 Å². The van der Waals surface area contributed by atoms with Crippen molar-refractivity contribution in [3.63, 3.8) is 0 Å². The van der Waals surface area contributed by atoms with Crippen LogP contribution in [-0.2, 0) is 11.8 Å². The SMILES string of the molecule is COC(=O)c1nn(C)c2ccc(Br)cc12. The number of halogens is 1. The van der Waals surface area contributed by atoms with Gasteiger partial charge in [0.15, 0.2) is 5.69 Å². The lowest BCUT2D eigenvalue weighted by molar-refractivity contribution is 0.0595. The first kappa shape index (κ1) is 10.2. The Bertz CT molecular complexity index is 533. The largest absolute Gasteiger partial charge is 0.464 e. The van der Waals surface area contributed by atoms with E-state index in [1.54, 1.807) is 11.7 Å². The van der Waals surface area contributed by atoms with Crippen LogP contribution in [0, 0.1) is 0 Å². The maximum absolute atomic E-state index is 11.4. The fourth-order valence-corrected chi connectivity index (χ4v) is 1.85. The molecule has 2 aromatic rings. The van der Waals surface area contributed by atoms with Gasteiger partial charge in [-0.15, -0.1) is 0 Å². The number of aromatic nitrogens is 2. The van der Waals surface area contributed by atoms with E-state index in [1.165, 1.54) is 7.11 Å². The van der Waals surface area contributed by atoms with Crippen molar-refractivity contribution in [3.8, 4) is 0 Å². The predicted octanol–water partition coefficient (Wildman–Crippen LogP) is 2.12. The summed E-state index contributed by atoms with van der Waals surface area (Å²) >= 11 is 3.36. The molecular weight excluding hydrogens is 260 g/mol. The summed E-state index contributed by atoms with van der Waals surface area (Å²) in [5.74, 6) is -0.418. The minimum atomic E-state index is -0.418. The minimum absolute atomic E-state index is 0.344. The number of hydrogen-bond acceptors (Lipinski definition) is 3. The zero-order chi connectivity index (χ0) is 11.0. The van der Waals surface area contributed by atoms with E-state index in [0.717, 1.165) is 15.4 Å². The quantitative estimate of drug-likeness (QED) is 0.745. The van der Waals surface area contributed by atoms with Gasteiger partial charge in [0.1, 0.15) is 0 Å². The molecule has 0 aliphatic carbocycles. The van der Waals surface area contributed by atoms with Crippen molar-refractivity contribution < 1.29 is 9.53 Å². The molecule has 0 radical (unpaired) electrons. The molecule has 0 atom stereocenters. The van der Waals surface area contributed by atoms with Crippen LogP contribution >= 0.6 is 15.9 Å². The van der Waals surface area contributed by atoms with Gasteiger partial charge in [0.2, 0.25) is 0 Å². The third-order valence-electron chi connectivity index (χ3n) is 2.19. The maximum atomic E-state index is 11.4. The molecular formula is C10H9BrN2O2. The summed E-state index contributed by atoms with van der Waals surface area (Å²) in [7, 11) is 3.14. The van der Waals surface area contributed by atoms with Gasteiger partial charge in [-0.25, -0.2) is 4.79 Å². The van der Waals surface area contributed by atoms with E-state index in [4.69, 9.17) is 0 Å². The molecule has 0 N–H and O–H groups in total. The molecule has 15 heavy (non-hydrogen) atoms. The van der Waals surface area contributed by atoms with Crippen LogP contribution in [0.4, 0.5) is 0 Å². The van der Waals surface area contributed by atoms with Gasteiger partial charge in [0, 0.05) is 16.9 Å². The first-order chi connectivity index (χ1) is 7.13. The van der Waals surface area contributed by atoms with Crippen molar-refractivity contribution in [1.29, 1.82) is 0 Å². The van der Waals surface area contributed by atoms with Gasteiger partial charge in [-0.3, -0.25) is 4.68 Å². The molecule has 0 saturated carbocycles. The van der Waals surface area contributed by atoms with Crippen molar-refractivity contribution in [1.82, 2.24) is 9.78 Å². The zero-order valence-electron chi connectivity index (χ0n) is 8.32. The van der Waals surface area contributed by atoms with Gasteiger partial charge in [-0.05, 0) is 18.2 Å². The molecule has 0 unspecified atom stereocenters. The van der Waals surface area contributed by atoms with Crippen LogP contribution in [0.15, 0.2) is 22.7 Å². The van der Waals surface area contributed by atoms with Crippen molar-refractivity contribution in [2.75, 3.05) is 7.11 Å². The van der Waals surface area contributed by atoms with Crippen LogP contribution < -0.4 is 0 Å². The molecule has 0 saturated heterocycles. The smallest absolute Gasteiger partial charge is 0.359 e. The molecule has 1 aromatic heterocycles. The van der Waals surface area contributed by atoms with Crippen LogP contribution in [0.5, 0.6) is 0 Å². The number of carbonyl (C=O) groups excluding carboxylic acids is 1. The lowest BCUT2D eigenvalue weighted by Crippen LogP contribution is -2.03. The van der Waals surface area contributed by atoms with E-state index in [2.05, 4.69) is 25.8 Å². The molecule has 2 rings (SSSR count). The number of rotatable bonds is 1. The van der Waals surface area contributed by atoms with E-state index in [-0.39, 0.29) is 0 Å². The normalized spacial score (nSPS) is 10.6. The third-order valence-corrected chi connectivity index (χ3v) is 2.68. The molecule has 0 fully saturated rings. The summed E-state index contributed by atoms with van der Waals surface area (Å²) in [4.78, 5) is 11.4. The summed E-state index contributed by atoms with van der Waals surface area (Å²) in [6.07, 6.45) is 0. The van der Waals surface area contributed by atoms with E-state index in [9.17, 15) is 4.79 Å². The summed E-state index contributed by atoms with van der Waals surface area (Å²) in [6, 6.07) is 5.67. The molecule has 0 spiro atoms. The van der Waals surface area contributed by atoms with Gasteiger partial charge in [0.05, 0.1) is 12.6 Å². The minimum Gasteiger partial charge on any atom is -0.464 e. The highest BCUT2D eigenvalue weighted by Gasteiger charge is 2.16. The summed E-state index contributed by atoms with van der Waals surface area (Å²) < 4.78 is 7.24. The topological polar surface area (TPSA) is 44.1 Å². The second-order valence-corrected chi connectivity index (χ2v) is 4.04. The summed E-state index contributed by atoms with van der Waals surface area (Å²) in [6.45, 7) is 0. The fourth-order valence-electron chi connectivity index (χ4n) is 1.49. The predicted molar refractivity (Wildman–Crippen MR) is 59.8 cm³/mol. The van der Waals surface area contributed by atoms with Gasteiger partial charge in [-0.1, -0.05) is 15.9 Å². The van der Waals surface area contributed by atoms with Crippen LogP contribution in [0.3, 0.4) is 0 Å². The van der Waals surface area contributed by atoms with Gasteiger partial charge in [-0.2, -0.15) is 5.10 Å². The summed E-state index contributed by atoms with van der Waals surface area (Å²) in [5.41, 5.74) is 1.25. The van der Waals surface area contributed by atoms with Gasteiger partial charge >= 0.3 is 5.97 Å². The maximum Gasteiger partial charge on any atom is 0.359 e. The van der Waals surface area contributed by atoms with E-state index in [1.807, 2.05) is 18.2 Å². The molecule has 4 nitrogen and oxygen atoms in total. The molecule has 0 amide bonds. The first-order valence-corrected chi connectivity index (χ1v) is 5.13. The highest BCUT2D eigenvalue weighted by atomic mass is 79.9. The van der Waals surface area contributed by atoms with Crippen molar-refractivity contribution in [2.45, 2.75) is 0 Å². The lowest BCUT2D eigenvalue weighted by atomic mass is 10.2. The Morgan fingerprint density at radius 2 is 2.27 bits per heavy atom. The second-order valence-electron chi connectivity index (χ2n) is 3.13. The molecule has 0 bridgehead atoms. The average molecular weight is 269 g/mol. The van der Waals surface area contributed by atoms with Crippen LogP contribution in [0.1, 0.15) is 10.5 Å².